The third-order valence-electron chi connectivity index (χ3n) is 4.77. The fraction of sp³-hybridized carbons (Fsp3) is 0.0833. The number of para-hydroxylation sites is 1. The maximum atomic E-state index is 14.1. The first-order valence-corrected chi connectivity index (χ1v) is 9.54. The van der Waals surface area contributed by atoms with Crippen LogP contribution in [-0.2, 0) is 0 Å². The Bertz CT molecular complexity index is 1200. The molecule has 0 fully saturated rings. The lowest BCUT2D eigenvalue weighted by Crippen LogP contribution is -2.17. The largest absolute Gasteiger partial charge is 0.497 e. The van der Waals surface area contributed by atoms with E-state index in [1.807, 2.05) is 24.3 Å². The molecule has 0 aliphatic rings. The van der Waals surface area contributed by atoms with Crippen LogP contribution in [0, 0.1) is 5.82 Å². The Kier molecular flexibility index (Phi) is 5.66. The predicted octanol–water partition coefficient (Wildman–Crippen LogP) is 4.95. The van der Waals surface area contributed by atoms with Crippen LogP contribution in [0.4, 0.5) is 10.1 Å². The van der Waals surface area contributed by atoms with Gasteiger partial charge in [0.05, 0.1) is 31.3 Å². The van der Waals surface area contributed by atoms with Gasteiger partial charge in [-0.05, 0) is 66.7 Å². The van der Waals surface area contributed by atoms with Crippen molar-refractivity contribution in [1.29, 1.82) is 0 Å². The number of hydrogen-bond donors (Lipinski definition) is 1. The van der Waals surface area contributed by atoms with Gasteiger partial charge in [0.15, 0.2) is 0 Å². The van der Waals surface area contributed by atoms with Gasteiger partial charge in [-0.1, -0.05) is 12.1 Å². The monoisotopic (exact) mass is 417 g/mol. The predicted molar refractivity (Wildman–Crippen MR) is 116 cm³/mol. The molecule has 0 spiro atoms. The standard InChI is InChI=1S/C24H20FN3O3/c1-30-18-11-7-16(8-12-18)22-15-23(24(29)26-21-6-4-3-5-20(21)25)28(27-22)17-9-13-19(31-2)14-10-17/h3-15H,1-2H3,(H,26,29). The lowest BCUT2D eigenvalue weighted by molar-refractivity contribution is 0.101. The number of anilines is 1. The highest BCUT2D eigenvalue weighted by Gasteiger charge is 2.19. The van der Waals surface area contributed by atoms with Crippen molar-refractivity contribution in [3.63, 3.8) is 0 Å². The van der Waals surface area contributed by atoms with Gasteiger partial charge in [-0.15, -0.1) is 0 Å². The van der Waals surface area contributed by atoms with Gasteiger partial charge in [0.1, 0.15) is 23.0 Å². The molecule has 31 heavy (non-hydrogen) atoms. The molecule has 0 aliphatic heterocycles. The van der Waals surface area contributed by atoms with Crippen molar-refractivity contribution in [2.45, 2.75) is 0 Å². The van der Waals surface area contributed by atoms with E-state index in [1.54, 1.807) is 56.7 Å². The van der Waals surface area contributed by atoms with Crippen molar-refractivity contribution < 1.29 is 18.7 Å². The maximum Gasteiger partial charge on any atom is 0.274 e. The maximum absolute atomic E-state index is 14.1. The Morgan fingerprint density at radius 1 is 0.903 bits per heavy atom. The van der Waals surface area contributed by atoms with E-state index in [1.165, 1.54) is 16.8 Å². The quantitative estimate of drug-likeness (QED) is 0.482. The van der Waals surface area contributed by atoms with Crippen LogP contribution in [0.1, 0.15) is 10.5 Å². The van der Waals surface area contributed by atoms with E-state index in [9.17, 15) is 9.18 Å². The smallest absolute Gasteiger partial charge is 0.274 e. The molecule has 6 nitrogen and oxygen atoms in total. The van der Waals surface area contributed by atoms with E-state index in [2.05, 4.69) is 10.4 Å². The summed E-state index contributed by atoms with van der Waals surface area (Å²) in [5, 5.41) is 7.25. The fourth-order valence-corrected chi connectivity index (χ4v) is 3.11. The first-order chi connectivity index (χ1) is 15.1. The molecule has 0 atom stereocenters. The zero-order valence-electron chi connectivity index (χ0n) is 17.0. The summed E-state index contributed by atoms with van der Waals surface area (Å²) in [5.74, 6) is 0.411. The third kappa shape index (κ3) is 4.25. The highest BCUT2D eigenvalue weighted by molar-refractivity contribution is 6.04. The molecule has 4 rings (SSSR count). The van der Waals surface area contributed by atoms with E-state index in [4.69, 9.17) is 9.47 Å². The van der Waals surface area contributed by atoms with Gasteiger partial charge < -0.3 is 14.8 Å². The number of hydrogen-bond acceptors (Lipinski definition) is 4. The average molecular weight is 417 g/mol. The van der Waals surface area contributed by atoms with Crippen molar-refractivity contribution in [2.24, 2.45) is 0 Å². The number of methoxy groups -OCH3 is 2. The highest BCUT2D eigenvalue weighted by atomic mass is 19.1. The summed E-state index contributed by atoms with van der Waals surface area (Å²) < 4.78 is 26.0. The normalized spacial score (nSPS) is 10.5. The molecule has 0 bridgehead atoms. The minimum atomic E-state index is -0.512. The van der Waals surface area contributed by atoms with Gasteiger partial charge in [0, 0.05) is 5.56 Å². The molecule has 0 radical (unpaired) electrons. The van der Waals surface area contributed by atoms with Crippen LogP contribution >= 0.6 is 0 Å². The SMILES string of the molecule is COc1ccc(-c2cc(C(=O)Nc3ccccc3F)n(-c3ccc(OC)cc3)n2)cc1. The van der Waals surface area contributed by atoms with Crippen LogP contribution in [0.5, 0.6) is 11.5 Å². The summed E-state index contributed by atoms with van der Waals surface area (Å²) in [6.45, 7) is 0. The molecule has 1 aromatic heterocycles. The molecule has 0 saturated carbocycles. The van der Waals surface area contributed by atoms with Crippen LogP contribution in [0.3, 0.4) is 0 Å². The second-order valence-corrected chi connectivity index (χ2v) is 6.69. The summed E-state index contributed by atoms with van der Waals surface area (Å²) in [4.78, 5) is 13.0. The van der Waals surface area contributed by atoms with E-state index in [0.29, 0.717) is 17.1 Å². The van der Waals surface area contributed by atoms with Gasteiger partial charge in [0.2, 0.25) is 0 Å². The van der Waals surface area contributed by atoms with E-state index >= 15 is 0 Å². The molecule has 0 aliphatic carbocycles. The van der Waals surface area contributed by atoms with E-state index in [0.717, 1.165) is 11.3 Å². The molecule has 156 valence electrons. The second-order valence-electron chi connectivity index (χ2n) is 6.69. The number of benzene rings is 3. The van der Waals surface area contributed by atoms with Crippen LogP contribution in [0.25, 0.3) is 16.9 Å². The van der Waals surface area contributed by atoms with E-state index in [-0.39, 0.29) is 11.4 Å². The third-order valence-corrected chi connectivity index (χ3v) is 4.77. The van der Waals surface area contributed by atoms with Gasteiger partial charge in [-0.2, -0.15) is 5.10 Å². The Hall–Kier alpha value is -4.13. The lowest BCUT2D eigenvalue weighted by atomic mass is 10.1. The van der Waals surface area contributed by atoms with Crippen molar-refractivity contribution in [3.8, 4) is 28.4 Å². The number of nitrogens with one attached hydrogen (secondary N) is 1. The van der Waals surface area contributed by atoms with Crippen LogP contribution in [0.2, 0.25) is 0 Å². The zero-order chi connectivity index (χ0) is 21.8. The van der Waals surface area contributed by atoms with Crippen molar-refractivity contribution in [3.05, 3.63) is 90.4 Å². The minimum absolute atomic E-state index is 0.0981. The van der Waals surface area contributed by atoms with Gasteiger partial charge in [-0.3, -0.25) is 4.79 Å². The van der Waals surface area contributed by atoms with E-state index < -0.39 is 11.7 Å². The first kappa shape index (κ1) is 20.2. The number of carbonyl (C=O) groups is 1. The molecule has 0 saturated heterocycles. The van der Waals surface area contributed by atoms with Crippen molar-refractivity contribution in [1.82, 2.24) is 9.78 Å². The molecule has 3 aromatic carbocycles. The molecular formula is C24H20FN3O3. The summed E-state index contributed by atoms with van der Waals surface area (Å²) in [6.07, 6.45) is 0. The first-order valence-electron chi connectivity index (χ1n) is 9.54. The summed E-state index contributed by atoms with van der Waals surface area (Å²) >= 11 is 0. The molecule has 1 heterocycles. The number of halogens is 1. The molecule has 1 amide bonds. The Balaban J connectivity index is 1.76. The number of ether oxygens (including phenoxy) is 2. The zero-order valence-corrected chi connectivity index (χ0v) is 17.0. The summed E-state index contributed by atoms with van der Waals surface area (Å²) in [5.41, 5.74) is 2.43. The Morgan fingerprint density at radius 2 is 1.52 bits per heavy atom. The van der Waals surface area contributed by atoms with Gasteiger partial charge >= 0.3 is 0 Å². The Labute approximate surface area is 178 Å². The molecule has 1 N–H and O–H groups in total. The van der Waals surface area contributed by atoms with Crippen LogP contribution < -0.4 is 14.8 Å². The topological polar surface area (TPSA) is 65.4 Å². The number of aromatic nitrogens is 2. The number of nitrogens with zero attached hydrogens (tertiary/aromatic N) is 2. The molecular weight excluding hydrogens is 397 g/mol. The van der Waals surface area contributed by atoms with Gasteiger partial charge in [-0.25, -0.2) is 9.07 Å². The van der Waals surface area contributed by atoms with Crippen molar-refractivity contribution in [2.75, 3.05) is 19.5 Å². The van der Waals surface area contributed by atoms with Crippen LogP contribution in [-0.4, -0.2) is 29.9 Å². The minimum Gasteiger partial charge on any atom is -0.497 e. The molecule has 0 unspecified atom stereocenters. The summed E-state index contributed by atoms with van der Waals surface area (Å²) in [6, 6.07) is 22.2. The second kappa shape index (κ2) is 8.71. The lowest BCUT2D eigenvalue weighted by Gasteiger charge is -2.09. The molecule has 4 aromatic rings. The number of rotatable bonds is 6. The fourth-order valence-electron chi connectivity index (χ4n) is 3.11. The summed E-state index contributed by atoms with van der Waals surface area (Å²) in [7, 11) is 3.18. The van der Waals surface area contributed by atoms with Crippen LogP contribution in [0.15, 0.2) is 78.9 Å². The molecule has 7 heteroatoms. The number of carbonyl (C=O) groups excluding carboxylic acids is 1. The number of amides is 1. The van der Waals surface area contributed by atoms with Gasteiger partial charge in [0.25, 0.3) is 5.91 Å². The van der Waals surface area contributed by atoms with Crippen molar-refractivity contribution >= 4 is 11.6 Å². The Morgan fingerprint density at radius 3 is 2.13 bits per heavy atom. The average Bonchev–Trinajstić information content (AvgIpc) is 3.26. The highest BCUT2D eigenvalue weighted by Crippen LogP contribution is 2.26.